The lowest BCUT2D eigenvalue weighted by atomic mass is 10.0. The number of aromatic nitrogens is 2. The summed E-state index contributed by atoms with van der Waals surface area (Å²) >= 11 is 0. The lowest BCUT2D eigenvalue weighted by Crippen LogP contribution is -2.16. The molecule has 7 nitrogen and oxygen atoms in total. The van der Waals surface area contributed by atoms with Gasteiger partial charge in [0.2, 0.25) is 5.88 Å². The van der Waals surface area contributed by atoms with Crippen LogP contribution in [0.5, 0.6) is 11.6 Å². The number of halogens is 1. The third-order valence-corrected chi connectivity index (χ3v) is 7.26. The largest absolute Gasteiger partial charge is 0.493 e. The maximum Gasteiger partial charge on any atom is 0.254 e. The average Bonchev–Trinajstić information content (AvgIpc) is 3.50. The summed E-state index contributed by atoms with van der Waals surface area (Å²) in [5.74, 6) is 0.110. The molecule has 1 heterocycles. The maximum absolute atomic E-state index is 14.0. The topological polar surface area (TPSA) is 109 Å². The first-order valence-corrected chi connectivity index (χ1v) is 12.5. The SMILES string of the molecule is C[C@@H](CS(=O)(=O)CCCCCc1nc(O)cc(=O)[nH]1)c1ccc(F)c(OCC2CC2)c1. The summed E-state index contributed by atoms with van der Waals surface area (Å²) in [6, 6.07) is 5.56. The summed E-state index contributed by atoms with van der Waals surface area (Å²) in [7, 11) is -3.27. The third-order valence-electron chi connectivity index (χ3n) is 5.35. The molecule has 31 heavy (non-hydrogen) atoms. The van der Waals surface area contributed by atoms with Gasteiger partial charge in [-0.3, -0.25) is 4.79 Å². The van der Waals surface area contributed by atoms with Crippen molar-refractivity contribution in [1.29, 1.82) is 0 Å². The highest BCUT2D eigenvalue weighted by molar-refractivity contribution is 7.91. The van der Waals surface area contributed by atoms with Crippen molar-refractivity contribution in [3.63, 3.8) is 0 Å². The van der Waals surface area contributed by atoms with Crippen LogP contribution in [0.25, 0.3) is 0 Å². The molecule has 1 aliphatic rings. The van der Waals surface area contributed by atoms with Gasteiger partial charge in [0.05, 0.1) is 24.2 Å². The van der Waals surface area contributed by atoms with Crippen LogP contribution in [-0.4, -0.2) is 41.6 Å². The highest BCUT2D eigenvalue weighted by Gasteiger charge is 2.23. The molecule has 1 aromatic carbocycles. The fourth-order valence-corrected chi connectivity index (χ4v) is 5.16. The Hall–Kier alpha value is -2.42. The minimum absolute atomic E-state index is 0.0118. The Morgan fingerprint density at radius 1 is 1.26 bits per heavy atom. The van der Waals surface area contributed by atoms with E-state index in [0.29, 0.717) is 44.0 Å². The quantitative estimate of drug-likeness (QED) is 0.478. The van der Waals surface area contributed by atoms with Crippen LogP contribution in [0.4, 0.5) is 4.39 Å². The number of rotatable bonds is 12. The molecular formula is C22H29FN2O5S. The number of hydrogen-bond acceptors (Lipinski definition) is 6. The van der Waals surface area contributed by atoms with E-state index in [9.17, 15) is 22.7 Å². The average molecular weight is 453 g/mol. The van der Waals surface area contributed by atoms with Crippen molar-refractivity contribution >= 4 is 9.84 Å². The number of hydrogen-bond donors (Lipinski definition) is 2. The van der Waals surface area contributed by atoms with Crippen LogP contribution in [0.2, 0.25) is 0 Å². The van der Waals surface area contributed by atoms with Gasteiger partial charge in [-0.2, -0.15) is 0 Å². The summed E-state index contributed by atoms with van der Waals surface area (Å²) in [5, 5.41) is 9.33. The fraction of sp³-hybridized carbons (Fsp3) is 0.545. The number of ether oxygens (including phenoxy) is 1. The number of nitrogens with one attached hydrogen (secondary N) is 1. The Morgan fingerprint density at radius 2 is 2.03 bits per heavy atom. The Bertz CT molecular complexity index is 1050. The highest BCUT2D eigenvalue weighted by atomic mass is 32.2. The second-order valence-electron chi connectivity index (χ2n) is 8.32. The monoisotopic (exact) mass is 452 g/mol. The number of H-pyrrole nitrogens is 1. The van der Waals surface area contributed by atoms with Crippen LogP contribution in [0.1, 0.15) is 56.3 Å². The summed E-state index contributed by atoms with van der Waals surface area (Å²) in [6.07, 6.45) is 4.48. The van der Waals surface area contributed by atoms with Gasteiger partial charge in [-0.05, 0) is 55.2 Å². The van der Waals surface area contributed by atoms with Crippen molar-refractivity contribution < 1.29 is 22.7 Å². The van der Waals surface area contributed by atoms with Crippen molar-refractivity contribution in [3.8, 4) is 11.6 Å². The van der Waals surface area contributed by atoms with Gasteiger partial charge in [0, 0.05) is 6.42 Å². The van der Waals surface area contributed by atoms with Crippen molar-refractivity contribution in [3.05, 3.63) is 51.8 Å². The summed E-state index contributed by atoms with van der Waals surface area (Å²) in [5.41, 5.74) is 0.329. The Labute approximate surface area is 181 Å². The molecule has 1 fully saturated rings. The number of unbranched alkanes of at least 4 members (excludes halogenated alkanes) is 2. The molecule has 1 aromatic heterocycles. The standard InChI is InChI=1S/C22H29FN2O5S/c1-15(17-8-9-18(23)19(11-17)30-13-16-6-7-16)14-31(28,29)10-4-2-3-5-20-24-21(26)12-22(27)25-20/h8-9,11-12,15-16H,2-7,10,13-14H2,1H3,(H2,24,25,26,27)/t15-/m0/s1. The minimum Gasteiger partial charge on any atom is -0.493 e. The number of benzene rings is 1. The first-order chi connectivity index (χ1) is 14.7. The minimum atomic E-state index is -3.27. The van der Waals surface area contributed by atoms with Crippen molar-refractivity contribution in [2.24, 2.45) is 5.92 Å². The van der Waals surface area contributed by atoms with E-state index in [0.717, 1.165) is 24.5 Å². The van der Waals surface area contributed by atoms with Crippen molar-refractivity contribution in [2.75, 3.05) is 18.1 Å². The zero-order valence-corrected chi connectivity index (χ0v) is 18.5. The summed E-state index contributed by atoms with van der Waals surface area (Å²) < 4.78 is 44.6. The third kappa shape index (κ3) is 7.65. The molecular weight excluding hydrogens is 423 g/mol. The van der Waals surface area contributed by atoms with Crippen molar-refractivity contribution in [1.82, 2.24) is 9.97 Å². The van der Waals surface area contributed by atoms with Gasteiger partial charge in [-0.1, -0.05) is 19.4 Å². The van der Waals surface area contributed by atoms with E-state index in [-0.39, 0.29) is 29.1 Å². The molecule has 1 aliphatic carbocycles. The first kappa shape index (κ1) is 23.2. The Balaban J connectivity index is 1.45. The normalized spacial score (nSPS) is 15.0. The number of aromatic hydroxyl groups is 1. The van der Waals surface area contributed by atoms with Crippen LogP contribution < -0.4 is 10.3 Å². The number of nitrogens with zero attached hydrogens (tertiary/aromatic N) is 1. The molecule has 2 aromatic rings. The van der Waals surface area contributed by atoms with Gasteiger partial charge in [0.25, 0.3) is 5.56 Å². The molecule has 2 N–H and O–H groups in total. The van der Waals surface area contributed by atoms with Gasteiger partial charge in [-0.15, -0.1) is 0 Å². The zero-order valence-electron chi connectivity index (χ0n) is 17.6. The smallest absolute Gasteiger partial charge is 0.254 e. The van der Waals surface area contributed by atoms with Crippen LogP contribution in [-0.2, 0) is 16.3 Å². The number of aryl methyl sites for hydroxylation is 1. The second-order valence-corrected chi connectivity index (χ2v) is 10.5. The molecule has 0 spiro atoms. The molecule has 1 saturated carbocycles. The molecule has 0 saturated heterocycles. The lowest BCUT2D eigenvalue weighted by Gasteiger charge is -2.15. The van der Waals surface area contributed by atoms with Crippen LogP contribution in [0, 0.1) is 11.7 Å². The van der Waals surface area contributed by atoms with Gasteiger partial charge in [0.15, 0.2) is 21.4 Å². The van der Waals surface area contributed by atoms with E-state index < -0.39 is 21.2 Å². The maximum atomic E-state index is 14.0. The van der Waals surface area contributed by atoms with Crippen LogP contribution in [0.3, 0.4) is 0 Å². The van der Waals surface area contributed by atoms with E-state index in [1.54, 1.807) is 12.1 Å². The highest BCUT2D eigenvalue weighted by Crippen LogP contribution is 2.31. The molecule has 170 valence electrons. The molecule has 9 heteroatoms. The van der Waals surface area contributed by atoms with Crippen LogP contribution >= 0.6 is 0 Å². The number of sulfone groups is 1. The first-order valence-electron chi connectivity index (χ1n) is 10.6. The predicted octanol–water partition coefficient (Wildman–Crippen LogP) is 3.33. The second kappa shape index (κ2) is 10.3. The summed E-state index contributed by atoms with van der Waals surface area (Å²) in [6.45, 7) is 2.32. The van der Waals surface area contributed by atoms with Crippen molar-refractivity contribution in [2.45, 2.75) is 51.4 Å². The Kier molecular flexibility index (Phi) is 7.69. The molecule has 0 bridgehead atoms. The van der Waals surface area contributed by atoms with E-state index in [4.69, 9.17) is 4.74 Å². The van der Waals surface area contributed by atoms with Gasteiger partial charge in [0.1, 0.15) is 5.82 Å². The number of aromatic amines is 1. The van der Waals surface area contributed by atoms with E-state index in [1.807, 2.05) is 6.92 Å². The molecule has 0 aliphatic heterocycles. The van der Waals surface area contributed by atoms with E-state index >= 15 is 0 Å². The predicted molar refractivity (Wildman–Crippen MR) is 116 cm³/mol. The molecule has 0 radical (unpaired) electrons. The van der Waals surface area contributed by atoms with E-state index in [2.05, 4.69) is 9.97 Å². The zero-order chi connectivity index (χ0) is 22.4. The lowest BCUT2D eigenvalue weighted by molar-refractivity contribution is 0.285. The molecule has 0 amide bonds. The summed E-state index contributed by atoms with van der Waals surface area (Å²) in [4.78, 5) is 17.7. The molecule has 0 unspecified atom stereocenters. The van der Waals surface area contributed by atoms with E-state index in [1.165, 1.54) is 6.07 Å². The fourth-order valence-electron chi connectivity index (χ4n) is 3.39. The van der Waals surface area contributed by atoms with Crippen LogP contribution in [0.15, 0.2) is 29.1 Å². The molecule has 3 rings (SSSR count). The van der Waals surface area contributed by atoms with Gasteiger partial charge < -0.3 is 14.8 Å². The molecule has 1 atom stereocenters. The Morgan fingerprint density at radius 3 is 2.74 bits per heavy atom. The van der Waals surface area contributed by atoms with Gasteiger partial charge in [-0.25, -0.2) is 17.8 Å². The van der Waals surface area contributed by atoms with Gasteiger partial charge >= 0.3 is 0 Å².